The van der Waals surface area contributed by atoms with Gasteiger partial charge in [-0.3, -0.25) is 4.79 Å². The lowest BCUT2D eigenvalue weighted by atomic mass is 10.7. The van der Waals surface area contributed by atoms with Crippen molar-refractivity contribution < 1.29 is 27.1 Å². The molecule has 6 heteroatoms. The van der Waals surface area contributed by atoms with Crippen LogP contribution >= 0.6 is 0 Å². The lowest BCUT2D eigenvalue weighted by molar-refractivity contribution is -0.277. The maximum atomic E-state index is 11.3. The summed E-state index contributed by atoms with van der Waals surface area (Å²) >= 11 is 0. The highest BCUT2D eigenvalue weighted by atomic mass is 19.3. The van der Waals surface area contributed by atoms with Crippen LogP contribution in [0, 0.1) is 0 Å². The van der Waals surface area contributed by atoms with Gasteiger partial charge in [0, 0.05) is 0 Å². The number of hydrogen-bond acceptors (Lipinski definition) is 2. The number of alkyl halides is 4. The lowest BCUT2D eigenvalue weighted by Crippen LogP contribution is -2.29. The molecule has 2 nitrogen and oxygen atoms in total. The first kappa shape index (κ1) is 8.19. The van der Waals surface area contributed by atoms with Crippen LogP contribution in [0.25, 0.3) is 0 Å². The predicted molar refractivity (Wildman–Crippen MR) is 18.1 cm³/mol. The van der Waals surface area contributed by atoms with Crippen LogP contribution in [-0.4, -0.2) is 19.0 Å². The van der Waals surface area contributed by atoms with Gasteiger partial charge >= 0.3 is 12.5 Å². The normalized spacial score (nSPS) is 11.7. The number of carbonyl (C=O) groups is 1. The van der Waals surface area contributed by atoms with E-state index in [2.05, 4.69) is 4.74 Å². The fraction of sp³-hybridized carbons (Fsp3) is 0.667. The zero-order chi connectivity index (χ0) is 7.49. The third-order valence-electron chi connectivity index (χ3n) is 0.459. The Labute approximate surface area is 47.4 Å². The molecule has 0 rings (SSSR count). The smallest absolute Gasteiger partial charge is 0.399 e. The predicted octanol–water partition coefficient (Wildman–Crippen LogP) is 1.02. The van der Waals surface area contributed by atoms with Crippen LogP contribution in [0.5, 0.6) is 0 Å². The SMILES string of the molecule is O=COC(F)(F)C(F)F. The molecule has 0 aliphatic carbocycles. The molecule has 0 amide bonds. The van der Waals surface area contributed by atoms with E-state index in [1.165, 1.54) is 0 Å². The van der Waals surface area contributed by atoms with Crippen molar-refractivity contribution in [3.05, 3.63) is 0 Å². The van der Waals surface area contributed by atoms with E-state index in [1.54, 1.807) is 0 Å². The highest BCUT2D eigenvalue weighted by Gasteiger charge is 2.43. The molecule has 0 aromatic rings. The fourth-order valence-electron chi connectivity index (χ4n) is 0.116. The Hall–Kier alpha value is -0.810. The van der Waals surface area contributed by atoms with Crippen molar-refractivity contribution in [2.24, 2.45) is 0 Å². The third kappa shape index (κ3) is 2.29. The molecule has 0 aromatic heterocycles. The van der Waals surface area contributed by atoms with Crippen LogP contribution in [0.3, 0.4) is 0 Å². The van der Waals surface area contributed by atoms with E-state index in [-0.39, 0.29) is 0 Å². The van der Waals surface area contributed by atoms with E-state index in [0.29, 0.717) is 0 Å². The van der Waals surface area contributed by atoms with Gasteiger partial charge in [-0.05, 0) is 0 Å². The minimum Gasteiger partial charge on any atom is -0.399 e. The van der Waals surface area contributed by atoms with Gasteiger partial charge < -0.3 is 4.74 Å². The van der Waals surface area contributed by atoms with Crippen molar-refractivity contribution in [3.8, 4) is 0 Å². The molecule has 0 atom stereocenters. The van der Waals surface area contributed by atoms with Crippen molar-refractivity contribution in [2.75, 3.05) is 0 Å². The Bertz CT molecular complexity index is 102. The first-order valence-electron chi connectivity index (χ1n) is 1.78. The summed E-state index contributed by atoms with van der Waals surface area (Å²) in [5.74, 6) is 0. The molecular weight excluding hydrogens is 144 g/mol. The summed E-state index contributed by atoms with van der Waals surface area (Å²) in [5.41, 5.74) is 0. The Morgan fingerprint density at radius 2 is 1.89 bits per heavy atom. The van der Waals surface area contributed by atoms with E-state index in [0.717, 1.165) is 0 Å². The third-order valence-corrected chi connectivity index (χ3v) is 0.459. The standard InChI is InChI=1S/C3H2F4O2/c4-2(5)3(6,7)9-1-8/h1-2H. The zero-order valence-corrected chi connectivity index (χ0v) is 3.98. The van der Waals surface area contributed by atoms with E-state index in [4.69, 9.17) is 4.79 Å². The highest BCUT2D eigenvalue weighted by Crippen LogP contribution is 2.22. The minimum absolute atomic E-state index is 0.730. The molecule has 0 saturated heterocycles. The summed E-state index contributed by atoms with van der Waals surface area (Å²) in [5, 5.41) is 0. The first-order chi connectivity index (χ1) is 4.00. The van der Waals surface area contributed by atoms with E-state index in [1.807, 2.05) is 0 Å². The van der Waals surface area contributed by atoms with Crippen LogP contribution < -0.4 is 0 Å². The average Bonchev–Trinajstić information content (AvgIpc) is 1.65. The summed E-state index contributed by atoms with van der Waals surface area (Å²) in [6, 6.07) is 0. The second-order valence-electron chi connectivity index (χ2n) is 1.08. The quantitative estimate of drug-likeness (QED) is 0.438. The van der Waals surface area contributed by atoms with Crippen molar-refractivity contribution in [1.82, 2.24) is 0 Å². The molecule has 54 valence electrons. The number of hydrogen-bond donors (Lipinski definition) is 0. The van der Waals surface area contributed by atoms with Crippen molar-refractivity contribution in [2.45, 2.75) is 12.5 Å². The van der Waals surface area contributed by atoms with Gasteiger partial charge in [0.05, 0.1) is 0 Å². The molecule has 0 fully saturated rings. The second kappa shape index (κ2) is 2.65. The summed E-state index contributed by atoms with van der Waals surface area (Å²) < 4.78 is 47.3. The van der Waals surface area contributed by atoms with Crippen molar-refractivity contribution in [3.63, 3.8) is 0 Å². The molecular formula is C3H2F4O2. The van der Waals surface area contributed by atoms with Gasteiger partial charge in [0.25, 0.3) is 6.47 Å². The first-order valence-corrected chi connectivity index (χ1v) is 1.78. The Morgan fingerprint density at radius 3 is 2.00 bits per heavy atom. The van der Waals surface area contributed by atoms with E-state index < -0.39 is 19.0 Å². The van der Waals surface area contributed by atoms with Gasteiger partial charge in [-0.1, -0.05) is 0 Å². The topological polar surface area (TPSA) is 26.3 Å². The Kier molecular flexibility index (Phi) is 2.41. The maximum absolute atomic E-state index is 11.3. The van der Waals surface area contributed by atoms with E-state index >= 15 is 0 Å². The second-order valence-corrected chi connectivity index (χ2v) is 1.08. The Balaban J connectivity index is 3.84. The van der Waals surface area contributed by atoms with Crippen LogP contribution in [0.2, 0.25) is 0 Å². The van der Waals surface area contributed by atoms with Crippen molar-refractivity contribution in [1.29, 1.82) is 0 Å². The van der Waals surface area contributed by atoms with Gasteiger partial charge in [0.15, 0.2) is 0 Å². The molecule has 0 radical (unpaired) electrons. The summed E-state index contributed by atoms with van der Waals surface area (Å²) in [7, 11) is 0. The van der Waals surface area contributed by atoms with E-state index in [9.17, 15) is 17.6 Å². The molecule has 0 bridgehead atoms. The summed E-state index contributed by atoms with van der Waals surface area (Å²) in [6.45, 7) is -0.730. The molecule has 0 spiro atoms. The lowest BCUT2D eigenvalue weighted by Gasteiger charge is -2.10. The van der Waals surface area contributed by atoms with Gasteiger partial charge in [-0.25, -0.2) is 0 Å². The fourth-order valence-corrected chi connectivity index (χ4v) is 0.116. The largest absolute Gasteiger partial charge is 0.463 e. The average molecular weight is 146 g/mol. The number of rotatable bonds is 3. The number of halogens is 4. The zero-order valence-electron chi connectivity index (χ0n) is 3.98. The van der Waals surface area contributed by atoms with Gasteiger partial charge in [-0.15, -0.1) is 0 Å². The van der Waals surface area contributed by atoms with Crippen LogP contribution in [0.15, 0.2) is 0 Å². The van der Waals surface area contributed by atoms with Crippen LogP contribution in [0.4, 0.5) is 17.6 Å². The van der Waals surface area contributed by atoms with Crippen LogP contribution in [-0.2, 0) is 9.53 Å². The summed E-state index contributed by atoms with van der Waals surface area (Å²) in [6.07, 6.45) is -8.62. The minimum atomic E-state index is -4.65. The molecule has 0 unspecified atom stereocenters. The van der Waals surface area contributed by atoms with Gasteiger partial charge in [-0.2, -0.15) is 17.6 Å². The van der Waals surface area contributed by atoms with Crippen molar-refractivity contribution >= 4 is 6.47 Å². The van der Waals surface area contributed by atoms with Crippen LogP contribution in [0.1, 0.15) is 0 Å². The monoisotopic (exact) mass is 146 g/mol. The number of carbonyl (C=O) groups excluding carboxylic acids is 1. The molecule has 0 aliphatic heterocycles. The molecule has 0 aromatic carbocycles. The number of ether oxygens (including phenoxy) is 1. The van der Waals surface area contributed by atoms with Gasteiger partial charge in [0.1, 0.15) is 0 Å². The molecule has 0 N–H and O–H groups in total. The summed E-state index contributed by atoms with van der Waals surface area (Å²) in [4.78, 5) is 9.09. The molecule has 9 heavy (non-hydrogen) atoms. The van der Waals surface area contributed by atoms with Gasteiger partial charge in [0.2, 0.25) is 0 Å². The molecule has 0 aliphatic rings. The molecule has 0 saturated carbocycles. The highest BCUT2D eigenvalue weighted by molar-refractivity contribution is 5.37. The maximum Gasteiger partial charge on any atom is 0.463 e. The Morgan fingerprint density at radius 1 is 1.44 bits per heavy atom. The molecule has 0 heterocycles.